The normalized spacial score (nSPS) is 11.7. The van der Waals surface area contributed by atoms with Gasteiger partial charge in [0.25, 0.3) is 0 Å². The third-order valence-electron chi connectivity index (χ3n) is 2.93. The molecule has 4 nitrogen and oxygen atoms in total. The average Bonchev–Trinajstić information content (AvgIpc) is 2.28. The van der Waals surface area contributed by atoms with Crippen molar-refractivity contribution < 1.29 is 9.90 Å². The van der Waals surface area contributed by atoms with E-state index in [1.807, 2.05) is 24.3 Å². The number of anilines is 1. The predicted molar refractivity (Wildman–Crippen MR) is 78.4 cm³/mol. The maximum Gasteiger partial charge on any atom is 0.238 e. The molecule has 19 heavy (non-hydrogen) atoms. The van der Waals surface area contributed by atoms with Crippen LogP contribution in [0.2, 0.25) is 0 Å². The number of aliphatic hydroxyl groups is 1. The number of benzene rings is 1. The van der Waals surface area contributed by atoms with E-state index in [-0.39, 0.29) is 24.5 Å². The third kappa shape index (κ3) is 5.41. The number of likely N-dealkylation sites (N-methyl/N-ethyl adjacent to an activating group) is 1. The molecule has 1 amide bonds. The summed E-state index contributed by atoms with van der Waals surface area (Å²) in [7, 11) is 1.80. The number of hydrogen-bond acceptors (Lipinski definition) is 3. The molecule has 2 N–H and O–H groups in total. The Kier molecular flexibility index (Phi) is 5.51. The Bertz CT molecular complexity index is 407. The van der Waals surface area contributed by atoms with E-state index in [0.29, 0.717) is 6.54 Å². The van der Waals surface area contributed by atoms with Crippen molar-refractivity contribution >= 4 is 11.6 Å². The van der Waals surface area contributed by atoms with Crippen LogP contribution in [0.5, 0.6) is 0 Å². The molecule has 0 heterocycles. The fourth-order valence-electron chi connectivity index (χ4n) is 1.75. The molecular formula is C15H24N2O2. The van der Waals surface area contributed by atoms with Gasteiger partial charge in [-0.15, -0.1) is 0 Å². The van der Waals surface area contributed by atoms with Crippen LogP contribution in [0.1, 0.15) is 26.3 Å². The number of hydrogen-bond donors (Lipinski definition) is 2. The second-order valence-corrected chi connectivity index (χ2v) is 5.84. The van der Waals surface area contributed by atoms with E-state index in [2.05, 4.69) is 26.1 Å². The quantitative estimate of drug-likeness (QED) is 0.853. The first-order valence-electron chi connectivity index (χ1n) is 6.52. The van der Waals surface area contributed by atoms with Gasteiger partial charge in [0.1, 0.15) is 0 Å². The number of rotatable bonds is 5. The fourth-order valence-corrected chi connectivity index (χ4v) is 1.75. The van der Waals surface area contributed by atoms with Crippen LogP contribution in [0.15, 0.2) is 24.3 Å². The first kappa shape index (κ1) is 15.7. The zero-order valence-electron chi connectivity index (χ0n) is 12.2. The second-order valence-electron chi connectivity index (χ2n) is 5.84. The molecule has 0 saturated heterocycles. The monoisotopic (exact) mass is 264 g/mol. The third-order valence-corrected chi connectivity index (χ3v) is 2.93. The summed E-state index contributed by atoms with van der Waals surface area (Å²) in [5, 5.41) is 11.6. The minimum absolute atomic E-state index is 0.0596. The van der Waals surface area contributed by atoms with Crippen molar-refractivity contribution in [3.05, 3.63) is 29.8 Å². The lowest BCUT2D eigenvalue weighted by Crippen LogP contribution is -2.32. The van der Waals surface area contributed by atoms with Crippen LogP contribution in [0.4, 0.5) is 5.69 Å². The van der Waals surface area contributed by atoms with Crippen LogP contribution < -0.4 is 5.32 Å². The summed E-state index contributed by atoms with van der Waals surface area (Å²) in [5.41, 5.74) is 2.16. The van der Waals surface area contributed by atoms with Gasteiger partial charge in [0.2, 0.25) is 5.91 Å². The van der Waals surface area contributed by atoms with Crippen molar-refractivity contribution in [2.45, 2.75) is 26.2 Å². The van der Waals surface area contributed by atoms with Gasteiger partial charge in [-0.3, -0.25) is 9.69 Å². The molecule has 0 aliphatic rings. The molecule has 0 aromatic heterocycles. The van der Waals surface area contributed by atoms with Crippen LogP contribution in [-0.2, 0) is 10.2 Å². The second kappa shape index (κ2) is 6.68. The Morgan fingerprint density at radius 2 is 1.84 bits per heavy atom. The molecule has 106 valence electrons. The highest BCUT2D eigenvalue weighted by molar-refractivity contribution is 5.92. The van der Waals surface area contributed by atoms with E-state index < -0.39 is 0 Å². The van der Waals surface area contributed by atoms with Crippen molar-refractivity contribution in [3.63, 3.8) is 0 Å². The molecule has 0 aliphatic carbocycles. The van der Waals surface area contributed by atoms with E-state index >= 15 is 0 Å². The number of aliphatic hydroxyl groups excluding tert-OH is 1. The number of carbonyl (C=O) groups excluding carboxylic acids is 1. The average molecular weight is 264 g/mol. The van der Waals surface area contributed by atoms with Crippen molar-refractivity contribution in [1.29, 1.82) is 0 Å². The molecule has 1 rings (SSSR count). The van der Waals surface area contributed by atoms with Gasteiger partial charge >= 0.3 is 0 Å². The maximum absolute atomic E-state index is 11.7. The maximum atomic E-state index is 11.7. The van der Waals surface area contributed by atoms with Gasteiger partial charge < -0.3 is 10.4 Å². The summed E-state index contributed by atoms with van der Waals surface area (Å²) >= 11 is 0. The lowest BCUT2D eigenvalue weighted by atomic mass is 9.87. The van der Waals surface area contributed by atoms with Crippen LogP contribution in [0.25, 0.3) is 0 Å². The summed E-state index contributed by atoms with van der Waals surface area (Å²) in [6.07, 6.45) is 0. The number of nitrogens with zero attached hydrogens (tertiary/aromatic N) is 1. The first-order valence-corrected chi connectivity index (χ1v) is 6.52. The van der Waals surface area contributed by atoms with Gasteiger partial charge in [0, 0.05) is 12.2 Å². The number of amides is 1. The van der Waals surface area contributed by atoms with Gasteiger partial charge in [-0.2, -0.15) is 0 Å². The SMILES string of the molecule is CN(CCO)CC(=O)Nc1ccc(C(C)(C)C)cc1. The largest absolute Gasteiger partial charge is 0.395 e. The van der Waals surface area contributed by atoms with Crippen LogP contribution in [0, 0.1) is 0 Å². The molecule has 4 heteroatoms. The minimum Gasteiger partial charge on any atom is -0.395 e. The summed E-state index contributed by atoms with van der Waals surface area (Å²) in [4.78, 5) is 13.5. The lowest BCUT2D eigenvalue weighted by Gasteiger charge is -2.19. The Balaban J connectivity index is 2.56. The van der Waals surface area contributed by atoms with Gasteiger partial charge in [-0.1, -0.05) is 32.9 Å². The van der Waals surface area contributed by atoms with Crippen LogP contribution in [0.3, 0.4) is 0 Å². The van der Waals surface area contributed by atoms with Gasteiger partial charge in [-0.05, 0) is 30.2 Å². The Morgan fingerprint density at radius 3 is 2.32 bits per heavy atom. The molecule has 1 aromatic carbocycles. The smallest absolute Gasteiger partial charge is 0.238 e. The molecule has 0 atom stereocenters. The van der Waals surface area contributed by atoms with Crippen molar-refractivity contribution in [2.24, 2.45) is 0 Å². The van der Waals surface area contributed by atoms with Gasteiger partial charge in [0.05, 0.1) is 13.2 Å². The molecule has 1 aromatic rings. The van der Waals surface area contributed by atoms with Crippen molar-refractivity contribution in [3.8, 4) is 0 Å². The van der Waals surface area contributed by atoms with E-state index in [1.165, 1.54) is 5.56 Å². The van der Waals surface area contributed by atoms with Crippen molar-refractivity contribution in [2.75, 3.05) is 32.1 Å². The summed E-state index contributed by atoms with van der Waals surface area (Å²) in [6.45, 7) is 7.31. The van der Waals surface area contributed by atoms with E-state index in [9.17, 15) is 4.79 Å². The molecular weight excluding hydrogens is 240 g/mol. The predicted octanol–water partition coefficient (Wildman–Crippen LogP) is 1.85. The summed E-state index contributed by atoms with van der Waals surface area (Å²) < 4.78 is 0. The topological polar surface area (TPSA) is 52.6 Å². The van der Waals surface area contributed by atoms with E-state index in [1.54, 1.807) is 11.9 Å². The number of carbonyl (C=O) groups is 1. The zero-order chi connectivity index (χ0) is 14.5. The zero-order valence-corrected chi connectivity index (χ0v) is 12.2. The van der Waals surface area contributed by atoms with Gasteiger partial charge in [0.15, 0.2) is 0 Å². The lowest BCUT2D eigenvalue weighted by molar-refractivity contribution is -0.117. The highest BCUT2D eigenvalue weighted by Gasteiger charge is 2.13. The molecule has 0 fully saturated rings. The molecule has 0 aliphatic heterocycles. The van der Waals surface area contributed by atoms with E-state index in [4.69, 9.17) is 5.11 Å². The van der Waals surface area contributed by atoms with Gasteiger partial charge in [-0.25, -0.2) is 0 Å². The first-order chi connectivity index (χ1) is 8.82. The van der Waals surface area contributed by atoms with Crippen molar-refractivity contribution in [1.82, 2.24) is 4.90 Å². The standard InChI is InChI=1S/C15H24N2O2/c1-15(2,3)12-5-7-13(8-6-12)16-14(19)11-17(4)9-10-18/h5-8,18H,9-11H2,1-4H3,(H,16,19). The molecule has 0 bridgehead atoms. The summed E-state index contributed by atoms with van der Waals surface area (Å²) in [6, 6.07) is 7.91. The Hall–Kier alpha value is -1.39. The molecule has 0 saturated carbocycles. The Morgan fingerprint density at radius 1 is 1.26 bits per heavy atom. The summed E-state index contributed by atoms with van der Waals surface area (Å²) in [5.74, 6) is -0.0699. The molecule has 0 unspecified atom stereocenters. The van der Waals surface area contributed by atoms with E-state index in [0.717, 1.165) is 5.69 Å². The molecule has 0 spiro atoms. The van der Waals surface area contributed by atoms with Crippen LogP contribution in [-0.4, -0.2) is 42.7 Å². The minimum atomic E-state index is -0.0699. The van der Waals surface area contributed by atoms with Crippen LogP contribution >= 0.6 is 0 Å². The highest BCUT2D eigenvalue weighted by atomic mass is 16.3. The fraction of sp³-hybridized carbons (Fsp3) is 0.533. The Labute approximate surface area is 115 Å². The highest BCUT2D eigenvalue weighted by Crippen LogP contribution is 2.23. The number of nitrogens with one attached hydrogen (secondary N) is 1. The molecule has 0 radical (unpaired) electrons.